The summed E-state index contributed by atoms with van der Waals surface area (Å²) < 4.78 is 5.38. The highest BCUT2D eigenvalue weighted by molar-refractivity contribution is 6.11. The van der Waals surface area contributed by atoms with Crippen molar-refractivity contribution in [2.24, 2.45) is 0 Å². The summed E-state index contributed by atoms with van der Waals surface area (Å²) in [6, 6.07) is 14.7. The van der Waals surface area contributed by atoms with Crippen molar-refractivity contribution >= 4 is 33.6 Å². The van der Waals surface area contributed by atoms with E-state index < -0.39 is 12.1 Å². The number of aromatic amines is 2. The van der Waals surface area contributed by atoms with Crippen LogP contribution in [-0.2, 0) is 16.0 Å². The molecule has 0 saturated carbocycles. The topological polar surface area (TPSA) is 105 Å². The molecule has 7 nitrogen and oxygen atoms in total. The van der Waals surface area contributed by atoms with Crippen LogP contribution in [0.4, 0.5) is 0 Å². The summed E-state index contributed by atoms with van der Waals surface area (Å²) >= 11 is 0. The number of aromatic nitrogens is 3. The number of carbonyl (C=O) groups excluding carboxylic acids is 2. The quantitative estimate of drug-likeness (QED) is 0.351. The van der Waals surface area contributed by atoms with Gasteiger partial charge < -0.3 is 14.7 Å². The first-order valence-electron chi connectivity index (χ1n) is 10.2. The zero-order valence-electron chi connectivity index (χ0n) is 17.4. The molecule has 0 spiro atoms. The van der Waals surface area contributed by atoms with Gasteiger partial charge >= 0.3 is 5.97 Å². The van der Waals surface area contributed by atoms with Crippen molar-refractivity contribution in [3.63, 3.8) is 0 Å². The molecule has 2 heterocycles. The predicted molar refractivity (Wildman–Crippen MR) is 118 cm³/mol. The minimum Gasteiger partial charge on any atom is -0.454 e. The molecule has 0 saturated heterocycles. The molecule has 2 aromatic carbocycles. The molecular formula is C24H23N3O4. The van der Waals surface area contributed by atoms with Crippen molar-refractivity contribution in [2.45, 2.75) is 39.2 Å². The largest absolute Gasteiger partial charge is 0.454 e. The molecule has 2 aromatic heterocycles. The van der Waals surface area contributed by atoms with Gasteiger partial charge in [0, 0.05) is 35.0 Å². The van der Waals surface area contributed by atoms with Crippen LogP contribution in [0.3, 0.4) is 0 Å². The molecule has 158 valence electrons. The van der Waals surface area contributed by atoms with Crippen LogP contribution < -0.4 is 5.56 Å². The van der Waals surface area contributed by atoms with Crippen LogP contribution in [0, 0.1) is 6.92 Å². The average Bonchev–Trinajstić information content (AvgIpc) is 3.08. The van der Waals surface area contributed by atoms with E-state index in [2.05, 4.69) is 15.0 Å². The van der Waals surface area contributed by atoms with Gasteiger partial charge in [-0.05, 0) is 38.5 Å². The number of nitrogens with zero attached hydrogens (tertiary/aromatic N) is 1. The van der Waals surface area contributed by atoms with E-state index in [-0.39, 0.29) is 17.8 Å². The number of fused-ring (bicyclic) bond motifs is 2. The summed E-state index contributed by atoms with van der Waals surface area (Å²) in [5, 5.41) is 1.35. The van der Waals surface area contributed by atoms with Gasteiger partial charge in [-0.2, -0.15) is 0 Å². The molecule has 31 heavy (non-hydrogen) atoms. The Kier molecular flexibility index (Phi) is 5.66. The van der Waals surface area contributed by atoms with E-state index >= 15 is 0 Å². The fraction of sp³-hybridized carbons (Fsp3) is 0.250. The van der Waals surface area contributed by atoms with E-state index in [1.807, 2.05) is 37.3 Å². The molecule has 0 aliphatic rings. The Morgan fingerprint density at radius 1 is 1.03 bits per heavy atom. The first kappa shape index (κ1) is 20.5. The molecule has 4 rings (SSSR count). The standard InChI is InChI=1S/C24H23N3O4/c1-14-22(16-8-3-5-10-18(16)25-14)23(29)15(2)31-21(28)13-7-12-20-26-19-11-6-4-9-17(19)24(30)27-20/h3-6,8-11,15,25H,7,12-13H2,1-2H3,(H,26,27,30)/t15-/m0/s1. The number of ketones is 1. The van der Waals surface area contributed by atoms with Crippen LogP contribution in [0.15, 0.2) is 53.3 Å². The normalized spacial score (nSPS) is 12.2. The lowest BCUT2D eigenvalue weighted by atomic mass is 10.0. The lowest BCUT2D eigenvalue weighted by molar-refractivity contribution is -0.146. The highest BCUT2D eigenvalue weighted by Crippen LogP contribution is 2.24. The second kappa shape index (κ2) is 8.55. The van der Waals surface area contributed by atoms with Gasteiger partial charge in [-0.1, -0.05) is 30.3 Å². The number of Topliss-reactive ketones (excluding diaryl/α,β-unsaturated/α-hetero) is 1. The Morgan fingerprint density at radius 2 is 1.74 bits per heavy atom. The number of rotatable bonds is 7. The Balaban J connectivity index is 1.36. The molecule has 7 heteroatoms. The zero-order chi connectivity index (χ0) is 22.0. The number of carbonyl (C=O) groups is 2. The van der Waals surface area contributed by atoms with Crippen LogP contribution in [0.5, 0.6) is 0 Å². The number of hydrogen-bond acceptors (Lipinski definition) is 5. The van der Waals surface area contributed by atoms with Crippen LogP contribution >= 0.6 is 0 Å². The number of H-pyrrole nitrogens is 2. The third-order valence-electron chi connectivity index (χ3n) is 5.27. The number of esters is 1. The highest BCUT2D eigenvalue weighted by Gasteiger charge is 2.24. The van der Waals surface area contributed by atoms with Crippen molar-refractivity contribution in [3.05, 3.63) is 76.0 Å². The van der Waals surface area contributed by atoms with Gasteiger partial charge in [0.05, 0.1) is 10.9 Å². The third kappa shape index (κ3) is 4.26. The van der Waals surface area contributed by atoms with Gasteiger partial charge in [-0.15, -0.1) is 0 Å². The Hall–Kier alpha value is -3.74. The van der Waals surface area contributed by atoms with E-state index in [9.17, 15) is 14.4 Å². The molecule has 0 radical (unpaired) electrons. The van der Waals surface area contributed by atoms with E-state index in [1.54, 1.807) is 25.1 Å². The second-order valence-corrected chi connectivity index (χ2v) is 7.55. The molecule has 0 unspecified atom stereocenters. The Bertz CT molecular complexity index is 1340. The van der Waals surface area contributed by atoms with Gasteiger partial charge in [0.1, 0.15) is 5.82 Å². The Labute approximate surface area is 178 Å². The Morgan fingerprint density at radius 3 is 2.55 bits per heavy atom. The minimum atomic E-state index is -0.885. The first-order valence-corrected chi connectivity index (χ1v) is 10.2. The summed E-state index contributed by atoms with van der Waals surface area (Å²) in [6.07, 6.45) is 0.122. The molecule has 0 amide bonds. The maximum absolute atomic E-state index is 12.9. The lowest BCUT2D eigenvalue weighted by Gasteiger charge is -2.12. The van der Waals surface area contributed by atoms with Crippen LogP contribution in [0.25, 0.3) is 21.8 Å². The summed E-state index contributed by atoms with van der Waals surface area (Å²) in [4.78, 5) is 47.6. The van der Waals surface area contributed by atoms with E-state index in [4.69, 9.17) is 4.74 Å². The smallest absolute Gasteiger partial charge is 0.306 e. The van der Waals surface area contributed by atoms with Crippen molar-refractivity contribution in [3.8, 4) is 0 Å². The predicted octanol–water partition coefficient (Wildman–Crippen LogP) is 3.85. The van der Waals surface area contributed by atoms with Crippen molar-refractivity contribution in [2.75, 3.05) is 0 Å². The highest BCUT2D eigenvalue weighted by atomic mass is 16.5. The van der Waals surface area contributed by atoms with Crippen molar-refractivity contribution in [1.82, 2.24) is 15.0 Å². The monoisotopic (exact) mass is 417 g/mol. The number of aryl methyl sites for hydroxylation is 2. The number of benzene rings is 2. The summed E-state index contributed by atoms with van der Waals surface area (Å²) in [5.41, 5.74) is 2.60. The molecular weight excluding hydrogens is 394 g/mol. The zero-order valence-corrected chi connectivity index (χ0v) is 17.4. The van der Waals surface area contributed by atoms with E-state index in [0.717, 1.165) is 16.6 Å². The van der Waals surface area contributed by atoms with Crippen LogP contribution in [-0.4, -0.2) is 32.8 Å². The molecule has 2 N–H and O–H groups in total. The molecule has 1 atom stereocenters. The fourth-order valence-corrected chi connectivity index (χ4v) is 3.76. The maximum atomic E-state index is 12.9. The van der Waals surface area contributed by atoms with Crippen LogP contribution in [0.1, 0.15) is 41.6 Å². The van der Waals surface area contributed by atoms with Gasteiger partial charge in [0.15, 0.2) is 6.10 Å². The van der Waals surface area contributed by atoms with Gasteiger partial charge in [0.2, 0.25) is 5.78 Å². The van der Waals surface area contributed by atoms with E-state index in [0.29, 0.717) is 35.1 Å². The second-order valence-electron chi connectivity index (χ2n) is 7.55. The molecule has 0 bridgehead atoms. The lowest BCUT2D eigenvalue weighted by Crippen LogP contribution is -2.25. The van der Waals surface area contributed by atoms with Gasteiger partial charge in [-0.3, -0.25) is 14.4 Å². The molecule has 0 aliphatic carbocycles. The molecule has 4 aromatic rings. The SMILES string of the molecule is Cc1[nH]c2ccccc2c1C(=O)[C@H](C)OC(=O)CCCc1nc2ccccc2c(=O)[nH]1. The maximum Gasteiger partial charge on any atom is 0.306 e. The summed E-state index contributed by atoms with van der Waals surface area (Å²) in [5.74, 6) is -0.166. The van der Waals surface area contributed by atoms with Crippen molar-refractivity contribution in [1.29, 1.82) is 0 Å². The first-order chi connectivity index (χ1) is 14.9. The van der Waals surface area contributed by atoms with Crippen LogP contribution in [0.2, 0.25) is 0 Å². The molecule has 0 aliphatic heterocycles. The van der Waals surface area contributed by atoms with Gasteiger partial charge in [0.25, 0.3) is 5.56 Å². The fourth-order valence-electron chi connectivity index (χ4n) is 3.76. The van der Waals surface area contributed by atoms with E-state index in [1.165, 1.54) is 0 Å². The minimum absolute atomic E-state index is 0.126. The van der Waals surface area contributed by atoms with Gasteiger partial charge in [-0.25, -0.2) is 4.98 Å². The third-order valence-corrected chi connectivity index (χ3v) is 5.27. The average molecular weight is 417 g/mol. The number of nitrogens with one attached hydrogen (secondary N) is 2. The number of para-hydroxylation sites is 2. The number of ether oxygens (including phenoxy) is 1. The molecule has 0 fully saturated rings. The summed E-state index contributed by atoms with van der Waals surface area (Å²) in [7, 11) is 0. The number of hydrogen-bond donors (Lipinski definition) is 2. The summed E-state index contributed by atoms with van der Waals surface area (Å²) in [6.45, 7) is 3.42. The van der Waals surface area contributed by atoms with Crippen molar-refractivity contribution < 1.29 is 14.3 Å².